The molecular formula is C17H20ClN3S. The average Bonchev–Trinajstić information content (AvgIpc) is 2.50. The number of hydrogen-bond acceptors (Lipinski definition) is 2. The van der Waals surface area contributed by atoms with Crippen LogP contribution >= 0.6 is 23.8 Å². The zero-order chi connectivity index (χ0) is 16.1. The molecule has 1 heterocycles. The van der Waals surface area contributed by atoms with E-state index in [2.05, 4.69) is 48.4 Å². The molecule has 0 aliphatic carbocycles. The third kappa shape index (κ3) is 4.68. The van der Waals surface area contributed by atoms with E-state index in [-0.39, 0.29) is 0 Å². The predicted molar refractivity (Wildman–Crippen MR) is 97.5 cm³/mol. The predicted octanol–water partition coefficient (Wildman–Crippen LogP) is 4.69. The first-order valence-corrected chi connectivity index (χ1v) is 7.97. The second kappa shape index (κ2) is 7.56. The van der Waals surface area contributed by atoms with Gasteiger partial charge in [0.15, 0.2) is 5.11 Å². The SMILES string of the molecule is CC(C)c1ccc(NC(=S)N(C)Cc2ccc(Cl)nc2)cc1. The molecule has 22 heavy (non-hydrogen) atoms. The summed E-state index contributed by atoms with van der Waals surface area (Å²) in [5.74, 6) is 0.529. The monoisotopic (exact) mass is 333 g/mol. The Labute approximate surface area is 142 Å². The van der Waals surface area contributed by atoms with E-state index >= 15 is 0 Å². The van der Waals surface area contributed by atoms with Gasteiger partial charge in [-0.25, -0.2) is 4.98 Å². The molecule has 0 aliphatic heterocycles. The van der Waals surface area contributed by atoms with Crippen LogP contribution < -0.4 is 5.32 Å². The fraction of sp³-hybridized carbons (Fsp3) is 0.294. The summed E-state index contributed by atoms with van der Waals surface area (Å²) in [7, 11) is 1.95. The van der Waals surface area contributed by atoms with Crippen LogP contribution in [0.2, 0.25) is 5.15 Å². The van der Waals surface area contributed by atoms with Gasteiger partial charge in [-0.3, -0.25) is 0 Å². The first-order chi connectivity index (χ1) is 10.5. The van der Waals surface area contributed by atoms with Crippen molar-refractivity contribution in [2.45, 2.75) is 26.3 Å². The van der Waals surface area contributed by atoms with Crippen LogP contribution in [0.15, 0.2) is 42.6 Å². The number of thiocarbonyl (C=S) groups is 1. The smallest absolute Gasteiger partial charge is 0.173 e. The van der Waals surface area contributed by atoms with E-state index in [1.807, 2.05) is 18.0 Å². The molecular weight excluding hydrogens is 314 g/mol. The minimum atomic E-state index is 0.498. The van der Waals surface area contributed by atoms with Gasteiger partial charge in [0.05, 0.1) is 0 Å². The molecule has 2 aromatic rings. The molecule has 1 aromatic heterocycles. The quantitative estimate of drug-likeness (QED) is 0.649. The van der Waals surface area contributed by atoms with E-state index in [1.165, 1.54) is 5.56 Å². The fourth-order valence-corrected chi connectivity index (χ4v) is 2.31. The number of benzene rings is 1. The van der Waals surface area contributed by atoms with Crippen molar-refractivity contribution in [2.24, 2.45) is 0 Å². The summed E-state index contributed by atoms with van der Waals surface area (Å²) in [5, 5.41) is 4.42. The number of pyridine rings is 1. The number of halogens is 1. The fourth-order valence-electron chi connectivity index (χ4n) is 2.02. The third-order valence-corrected chi connectivity index (χ3v) is 4.02. The number of aromatic nitrogens is 1. The van der Waals surface area contributed by atoms with E-state index in [1.54, 1.807) is 12.3 Å². The Morgan fingerprint density at radius 1 is 1.23 bits per heavy atom. The lowest BCUT2D eigenvalue weighted by molar-refractivity contribution is 0.507. The molecule has 0 radical (unpaired) electrons. The summed E-state index contributed by atoms with van der Waals surface area (Å²) >= 11 is 11.2. The highest BCUT2D eigenvalue weighted by atomic mass is 35.5. The molecule has 0 saturated carbocycles. The summed E-state index contributed by atoms with van der Waals surface area (Å²) in [6.07, 6.45) is 1.76. The van der Waals surface area contributed by atoms with Gasteiger partial charge < -0.3 is 10.2 Å². The third-order valence-electron chi connectivity index (χ3n) is 3.38. The van der Waals surface area contributed by atoms with Gasteiger partial charge in [0, 0.05) is 25.5 Å². The molecule has 0 unspecified atom stereocenters. The van der Waals surface area contributed by atoms with Crippen molar-refractivity contribution < 1.29 is 0 Å². The van der Waals surface area contributed by atoms with Crippen LogP contribution in [0.4, 0.5) is 5.69 Å². The van der Waals surface area contributed by atoms with Gasteiger partial charge in [-0.2, -0.15) is 0 Å². The normalized spacial score (nSPS) is 10.6. The van der Waals surface area contributed by atoms with Gasteiger partial charge in [-0.05, 0) is 47.5 Å². The average molecular weight is 334 g/mol. The van der Waals surface area contributed by atoms with Gasteiger partial charge in [0.2, 0.25) is 0 Å². The molecule has 0 fully saturated rings. The number of nitrogens with one attached hydrogen (secondary N) is 1. The summed E-state index contributed by atoms with van der Waals surface area (Å²) in [6, 6.07) is 12.1. The van der Waals surface area contributed by atoms with Crippen LogP contribution in [0.3, 0.4) is 0 Å². The van der Waals surface area contributed by atoms with E-state index in [9.17, 15) is 0 Å². The van der Waals surface area contributed by atoms with Crippen LogP contribution in [0.5, 0.6) is 0 Å². The molecule has 1 N–H and O–H groups in total. The van der Waals surface area contributed by atoms with Crippen LogP contribution in [0.25, 0.3) is 0 Å². The molecule has 0 amide bonds. The minimum absolute atomic E-state index is 0.498. The maximum atomic E-state index is 5.79. The molecule has 0 bridgehead atoms. The molecule has 1 aromatic carbocycles. The Kier molecular flexibility index (Phi) is 5.75. The zero-order valence-corrected chi connectivity index (χ0v) is 14.6. The van der Waals surface area contributed by atoms with Crippen molar-refractivity contribution >= 4 is 34.6 Å². The van der Waals surface area contributed by atoms with E-state index < -0.39 is 0 Å². The lowest BCUT2D eigenvalue weighted by Gasteiger charge is -2.21. The van der Waals surface area contributed by atoms with Gasteiger partial charge in [-0.15, -0.1) is 0 Å². The molecule has 116 valence electrons. The van der Waals surface area contributed by atoms with Crippen LogP contribution in [0, 0.1) is 0 Å². The number of hydrogen-bond donors (Lipinski definition) is 1. The number of nitrogens with zero attached hydrogens (tertiary/aromatic N) is 2. The lowest BCUT2D eigenvalue weighted by atomic mass is 10.0. The van der Waals surface area contributed by atoms with Crippen molar-refractivity contribution in [1.82, 2.24) is 9.88 Å². The molecule has 0 saturated heterocycles. The van der Waals surface area contributed by atoms with E-state index in [4.69, 9.17) is 23.8 Å². The Hall–Kier alpha value is -1.65. The van der Waals surface area contributed by atoms with Crippen LogP contribution in [-0.2, 0) is 6.54 Å². The minimum Gasteiger partial charge on any atom is -0.348 e. The van der Waals surface area contributed by atoms with Gasteiger partial charge >= 0.3 is 0 Å². The highest BCUT2D eigenvalue weighted by molar-refractivity contribution is 7.80. The molecule has 0 aliphatic rings. The Morgan fingerprint density at radius 2 is 1.91 bits per heavy atom. The number of rotatable bonds is 4. The highest BCUT2D eigenvalue weighted by Gasteiger charge is 2.06. The van der Waals surface area contributed by atoms with Crippen molar-refractivity contribution in [3.05, 3.63) is 58.9 Å². The van der Waals surface area contributed by atoms with E-state index in [0.29, 0.717) is 22.7 Å². The largest absolute Gasteiger partial charge is 0.348 e. The molecule has 3 nitrogen and oxygen atoms in total. The Balaban J connectivity index is 1.94. The van der Waals surface area contributed by atoms with Crippen molar-refractivity contribution in [3.63, 3.8) is 0 Å². The van der Waals surface area contributed by atoms with Crippen molar-refractivity contribution in [1.29, 1.82) is 0 Å². The van der Waals surface area contributed by atoms with Crippen LogP contribution in [0.1, 0.15) is 30.9 Å². The first kappa shape index (κ1) is 16.7. The Morgan fingerprint density at radius 3 is 2.45 bits per heavy atom. The summed E-state index contributed by atoms with van der Waals surface area (Å²) < 4.78 is 0. The lowest BCUT2D eigenvalue weighted by Crippen LogP contribution is -2.30. The maximum Gasteiger partial charge on any atom is 0.173 e. The van der Waals surface area contributed by atoms with Crippen molar-refractivity contribution in [2.75, 3.05) is 12.4 Å². The highest BCUT2D eigenvalue weighted by Crippen LogP contribution is 2.17. The topological polar surface area (TPSA) is 28.2 Å². The van der Waals surface area contributed by atoms with Gasteiger partial charge in [0.25, 0.3) is 0 Å². The van der Waals surface area contributed by atoms with Gasteiger partial charge in [0.1, 0.15) is 5.15 Å². The molecule has 2 rings (SSSR count). The summed E-state index contributed by atoms with van der Waals surface area (Å²) in [4.78, 5) is 6.05. The Bertz CT molecular complexity index is 623. The standard InChI is InChI=1S/C17H20ClN3S/c1-12(2)14-5-7-15(8-6-14)20-17(22)21(3)11-13-4-9-16(18)19-10-13/h4-10,12H,11H2,1-3H3,(H,20,22). The van der Waals surface area contributed by atoms with Crippen molar-refractivity contribution in [3.8, 4) is 0 Å². The zero-order valence-electron chi connectivity index (χ0n) is 13.0. The molecule has 0 spiro atoms. The van der Waals surface area contributed by atoms with Gasteiger partial charge in [-0.1, -0.05) is 43.6 Å². The maximum absolute atomic E-state index is 5.79. The molecule has 5 heteroatoms. The first-order valence-electron chi connectivity index (χ1n) is 7.18. The summed E-state index contributed by atoms with van der Waals surface area (Å²) in [5.41, 5.74) is 3.37. The number of anilines is 1. The summed E-state index contributed by atoms with van der Waals surface area (Å²) in [6.45, 7) is 5.04. The molecule has 0 atom stereocenters. The second-order valence-corrected chi connectivity index (χ2v) is 6.33. The second-order valence-electron chi connectivity index (χ2n) is 5.55. The van der Waals surface area contributed by atoms with Crippen LogP contribution in [-0.4, -0.2) is 22.0 Å². The van der Waals surface area contributed by atoms with E-state index in [0.717, 1.165) is 11.3 Å².